The number of carbonyl (C=O) groups excluding carboxylic acids is 1. The molecule has 178 valence electrons. The van der Waals surface area contributed by atoms with Gasteiger partial charge in [-0.2, -0.15) is 0 Å². The number of hydrogen-bond acceptors (Lipinski definition) is 2. The SMILES string of the molecule is CC/C=C\C/C=C\C/C=C\C/C=C\C/C=C\C/C=C\CCC(=O)NCCC1CCCN1C. The van der Waals surface area contributed by atoms with Crippen LogP contribution in [0.2, 0.25) is 0 Å². The molecule has 0 bridgehead atoms. The molecule has 3 heteroatoms. The first-order chi connectivity index (χ1) is 15.7. The number of nitrogens with one attached hydrogen (secondary N) is 1. The highest BCUT2D eigenvalue weighted by molar-refractivity contribution is 5.75. The van der Waals surface area contributed by atoms with E-state index in [0.29, 0.717) is 12.5 Å². The monoisotopic (exact) mass is 438 g/mol. The van der Waals surface area contributed by atoms with Crippen LogP contribution in [0.5, 0.6) is 0 Å². The Morgan fingerprint density at radius 3 is 1.78 bits per heavy atom. The van der Waals surface area contributed by atoms with Crippen molar-refractivity contribution in [1.82, 2.24) is 10.2 Å². The maximum atomic E-state index is 11.9. The molecule has 1 atom stereocenters. The summed E-state index contributed by atoms with van der Waals surface area (Å²) in [5.74, 6) is 0.171. The molecule has 1 unspecified atom stereocenters. The molecule has 0 aliphatic carbocycles. The largest absolute Gasteiger partial charge is 0.356 e. The van der Waals surface area contributed by atoms with Crippen LogP contribution >= 0.6 is 0 Å². The summed E-state index contributed by atoms with van der Waals surface area (Å²) in [4.78, 5) is 14.3. The summed E-state index contributed by atoms with van der Waals surface area (Å²) in [5, 5.41) is 3.06. The summed E-state index contributed by atoms with van der Waals surface area (Å²) in [6.45, 7) is 4.16. The molecule has 0 aromatic carbocycles. The maximum Gasteiger partial charge on any atom is 0.220 e. The second-order valence-corrected chi connectivity index (χ2v) is 8.37. The van der Waals surface area contributed by atoms with Gasteiger partial charge in [0.1, 0.15) is 0 Å². The van der Waals surface area contributed by atoms with Crippen LogP contribution < -0.4 is 5.32 Å². The van der Waals surface area contributed by atoms with E-state index >= 15 is 0 Å². The minimum absolute atomic E-state index is 0.171. The third kappa shape index (κ3) is 16.5. The molecule has 0 radical (unpaired) electrons. The highest BCUT2D eigenvalue weighted by atomic mass is 16.1. The Kier molecular flexibility index (Phi) is 18.1. The molecule has 1 rings (SSSR count). The van der Waals surface area contributed by atoms with E-state index in [1.807, 2.05) is 0 Å². The Bertz CT molecular complexity index is 640. The Morgan fingerprint density at radius 2 is 1.31 bits per heavy atom. The summed E-state index contributed by atoms with van der Waals surface area (Å²) in [6, 6.07) is 0.652. The fraction of sp³-hybridized carbons (Fsp3) is 0.552. The number of rotatable bonds is 17. The normalized spacial score (nSPS) is 18.1. The summed E-state index contributed by atoms with van der Waals surface area (Å²) in [7, 11) is 2.18. The Balaban J connectivity index is 1.93. The molecule has 32 heavy (non-hydrogen) atoms. The van der Waals surface area contributed by atoms with E-state index in [9.17, 15) is 4.79 Å². The topological polar surface area (TPSA) is 32.3 Å². The van der Waals surface area contributed by atoms with Gasteiger partial charge < -0.3 is 10.2 Å². The van der Waals surface area contributed by atoms with Crippen molar-refractivity contribution in [1.29, 1.82) is 0 Å². The number of hydrogen-bond donors (Lipinski definition) is 1. The van der Waals surface area contributed by atoms with Crippen molar-refractivity contribution < 1.29 is 4.79 Å². The molecule has 1 fully saturated rings. The summed E-state index contributed by atoms with van der Waals surface area (Å²) in [5.41, 5.74) is 0. The lowest BCUT2D eigenvalue weighted by Gasteiger charge is -2.19. The van der Waals surface area contributed by atoms with Crippen LogP contribution in [-0.4, -0.2) is 37.0 Å². The van der Waals surface area contributed by atoms with Crippen molar-refractivity contribution in [2.24, 2.45) is 0 Å². The molecule has 1 aliphatic rings. The molecule has 0 aromatic heterocycles. The lowest BCUT2D eigenvalue weighted by Crippen LogP contribution is -2.31. The number of amides is 1. The van der Waals surface area contributed by atoms with E-state index in [0.717, 1.165) is 57.9 Å². The van der Waals surface area contributed by atoms with Crippen LogP contribution in [0.4, 0.5) is 0 Å². The summed E-state index contributed by atoms with van der Waals surface area (Å²) < 4.78 is 0. The van der Waals surface area contributed by atoms with Gasteiger partial charge in [-0.25, -0.2) is 0 Å². The minimum atomic E-state index is 0.171. The van der Waals surface area contributed by atoms with Crippen LogP contribution in [0.1, 0.15) is 77.6 Å². The van der Waals surface area contributed by atoms with Gasteiger partial charge in [-0.1, -0.05) is 79.8 Å². The van der Waals surface area contributed by atoms with Crippen molar-refractivity contribution in [3.8, 4) is 0 Å². The van der Waals surface area contributed by atoms with Gasteiger partial charge in [0.15, 0.2) is 0 Å². The van der Waals surface area contributed by atoms with Gasteiger partial charge in [0.05, 0.1) is 0 Å². The number of carbonyl (C=O) groups is 1. The molecule has 1 aliphatic heterocycles. The van der Waals surface area contributed by atoms with E-state index in [2.05, 4.69) is 97.1 Å². The summed E-state index contributed by atoms with van der Waals surface area (Å²) in [6.07, 6.45) is 37.5. The molecule has 1 N–H and O–H groups in total. The third-order valence-electron chi connectivity index (χ3n) is 5.61. The quantitative estimate of drug-likeness (QED) is 0.246. The minimum Gasteiger partial charge on any atom is -0.356 e. The summed E-state index contributed by atoms with van der Waals surface area (Å²) >= 11 is 0. The van der Waals surface area contributed by atoms with Gasteiger partial charge >= 0.3 is 0 Å². The lowest BCUT2D eigenvalue weighted by molar-refractivity contribution is -0.121. The zero-order chi connectivity index (χ0) is 23.1. The van der Waals surface area contributed by atoms with Crippen LogP contribution in [0.15, 0.2) is 72.9 Å². The molecule has 1 heterocycles. The van der Waals surface area contributed by atoms with Crippen molar-refractivity contribution in [3.05, 3.63) is 72.9 Å². The Hall–Kier alpha value is -2.13. The van der Waals surface area contributed by atoms with Crippen LogP contribution in [0.3, 0.4) is 0 Å². The predicted octanol–water partition coefficient (Wildman–Crippen LogP) is 7.06. The molecule has 1 amide bonds. The fourth-order valence-corrected chi connectivity index (χ4v) is 3.66. The third-order valence-corrected chi connectivity index (χ3v) is 5.61. The van der Waals surface area contributed by atoms with E-state index in [1.54, 1.807) is 0 Å². The smallest absolute Gasteiger partial charge is 0.220 e. The molecular formula is C29H46N2O. The van der Waals surface area contributed by atoms with Crippen LogP contribution in [0.25, 0.3) is 0 Å². The molecule has 0 aromatic rings. The molecule has 0 saturated carbocycles. The first kappa shape index (κ1) is 27.9. The average Bonchev–Trinajstić information content (AvgIpc) is 3.20. The number of allylic oxidation sites excluding steroid dienone is 12. The van der Waals surface area contributed by atoms with E-state index in [1.165, 1.54) is 19.4 Å². The zero-order valence-corrected chi connectivity index (χ0v) is 20.6. The van der Waals surface area contributed by atoms with Gasteiger partial charge in [-0.15, -0.1) is 0 Å². The van der Waals surface area contributed by atoms with Crippen molar-refractivity contribution in [2.75, 3.05) is 20.1 Å². The zero-order valence-electron chi connectivity index (χ0n) is 20.6. The molecule has 0 spiro atoms. The first-order valence-corrected chi connectivity index (χ1v) is 12.6. The highest BCUT2D eigenvalue weighted by Gasteiger charge is 2.20. The molecular weight excluding hydrogens is 392 g/mol. The van der Waals surface area contributed by atoms with Crippen LogP contribution in [-0.2, 0) is 4.79 Å². The van der Waals surface area contributed by atoms with Crippen molar-refractivity contribution in [3.63, 3.8) is 0 Å². The number of nitrogens with zero attached hydrogens (tertiary/aromatic N) is 1. The first-order valence-electron chi connectivity index (χ1n) is 12.6. The second-order valence-electron chi connectivity index (χ2n) is 8.37. The van der Waals surface area contributed by atoms with E-state index < -0.39 is 0 Å². The maximum absolute atomic E-state index is 11.9. The predicted molar refractivity (Wildman–Crippen MR) is 141 cm³/mol. The Morgan fingerprint density at radius 1 is 0.812 bits per heavy atom. The van der Waals surface area contributed by atoms with Crippen LogP contribution in [0, 0.1) is 0 Å². The number of likely N-dealkylation sites (tertiary alicyclic amines) is 1. The second kappa shape index (κ2) is 20.8. The fourth-order valence-electron chi connectivity index (χ4n) is 3.66. The van der Waals surface area contributed by atoms with Gasteiger partial charge in [0.25, 0.3) is 0 Å². The van der Waals surface area contributed by atoms with Gasteiger partial charge in [0.2, 0.25) is 5.91 Å². The molecule has 1 saturated heterocycles. The van der Waals surface area contributed by atoms with Crippen molar-refractivity contribution in [2.45, 2.75) is 83.6 Å². The van der Waals surface area contributed by atoms with Crippen molar-refractivity contribution >= 4 is 5.91 Å². The van der Waals surface area contributed by atoms with Gasteiger partial charge in [-0.05, 0) is 77.8 Å². The average molecular weight is 439 g/mol. The molecule has 3 nitrogen and oxygen atoms in total. The van der Waals surface area contributed by atoms with E-state index in [4.69, 9.17) is 0 Å². The van der Waals surface area contributed by atoms with Gasteiger partial charge in [0, 0.05) is 19.0 Å². The standard InChI is InChI=1S/C29H46N2O/c1-3-4-5-6-7-8-9-10-11-12-13-14-15-16-17-18-19-20-21-24-29(32)30-26-25-28-23-22-27-31(28)2/h4-5,7-8,10-11,13-14,16-17,19-20,28H,3,6,9,12,15,18,21-27H2,1-2H3,(H,30,32)/b5-4-,8-7-,11-10-,14-13-,17-16-,20-19-. The lowest BCUT2D eigenvalue weighted by atomic mass is 10.1. The highest BCUT2D eigenvalue weighted by Crippen LogP contribution is 2.16. The van der Waals surface area contributed by atoms with E-state index in [-0.39, 0.29) is 5.91 Å². The Labute approximate surface area is 197 Å². The van der Waals surface area contributed by atoms with Gasteiger partial charge in [-0.3, -0.25) is 4.79 Å².